The van der Waals surface area contributed by atoms with Gasteiger partial charge in [-0.3, -0.25) is 0 Å². The predicted octanol–water partition coefficient (Wildman–Crippen LogP) is 8.11. The molecule has 9 heteroatoms. The normalized spacial score (nSPS) is 14.2. The fourth-order valence-corrected chi connectivity index (χ4v) is 5.32. The molecule has 0 aliphatic carbocycles. The maximum atomic E-state index is 13.1. The Morgan fingerprint density at radius 2 is 1.86 bits per heavy atom. The topological polar surface area (TPSA) is 117 Å². The van der Waals surface area contributed by atoms with Crippen molar-refractivity contribution < 1.29 is 28.2 Å². The number of fused-ring (bicyclic) bond motifs is 2. The van der Waals surface area contributed by atoms with Crippen LogP contribution in [0.2, 0.25) is 5.02 Å². The molecule has 4 aromatic rings. The number of allylic oxidation sites excluding steroid dienone is 1. The maximum absolute atomic E-state index is 13.1. The highest BCUT2D eigenvalue weighted by Gasteiger charge is 2.32. The van der Waals surface area contributed by atoms with Gasteiger partial charge < -0.3 is 29.1 Å². The number of carbonyl (C=O) groups excluding carboxylic acids is 1. The first-order valence-electron chi connectivity index (χ1n) is 14.3. The molecule has 43 heavy (non-hydrogen) atoms. The lowest BCUT2D eigenvalue weighted by Gasteiger charge is -2.27. The summed E-state index contributed by atoms with van der Waals surface area (Å²) in [6, 6.07) is 16.4. The quantitative estimate of drug-likeness (QED) is 0.110. The summed E-state index contributed by atoms with van der Waals surface area (Å²) in [4.78, 5) is 13.1. The van der Waals surface area contributed by atoms with Crippen LogP contribution in [0, 0.1) is 25.2 Å². The van der Waals surface area contributed by atoms with Crippen molar-refractivity contribution >= 4 is 28.5 Å². The third-order valence-electron chi connectivity index (χ3n) is 7.41. The second kappa shape index (κ2) is 12.7. The average Bonchev–Trinajstić information content (AvgIpc) is 3.30. The molecule has 1 aromatic heterocycles. The molecule has 0 spiro atoms. The first-order valence-corrected chi connectivity index (χ1v) is 14.7. The molecule has 5 rings (SSSR count). The van der Waals surface area contributed by atoms with Gasteiger partial charge in [-0.05, 0) is 68.7 Å². The summed E-state index contributed by atoms with van der Waals surface area (Å²) in [7, 11) is 0. The first-order chi connectivity index (χ1) is 20.7. The van der Waals surface area contributed by atoms with E-state index in [9.17, 15) is 10.1 Å². The van der Waals surface area contributed by atoms with Crippen LogP contribution < -0.4 is 24.7 Å². The highest BCUT2D eigenvalue weighted by atomic mass is 35.5. The van der Waals surface area contributed by atoms with Crippen LogP contribution in [-0.2, 0) is 0 Å². The number of hydrogen-bond donors (Lipinski definition) is 1. The second-order valence-electron chi connectivity index (χ2n) is 10.4. The van der Waals surface area contributed by atoms with E-state index >= 15 is 0 Å². The number of unbranched alkanes of at least 4 members (excludes halogenated alkanes) is 2. The largest absolute Gasteiger partial charge is 0.490 e. The van der Waals surface area contributed by atoms with Crippen LogP contribution in [0.25, 0.3) is 11.0 Å². The lowest BCUT2D eigenvalue weighted by molar-refractivity contribution is 0.0702. The van der Waals surface area contributed by atoms with Crippen LogP contribution >= 0.6 is 11.6 Å². The molecule has 0 fully saturated rings. The molecule has 0 radical (unpaired) electrons. The van der Waals surface area contributed by atoms with E-state index in [2.05, 4.69) is 13.0 Å². The molecule has 0 amide bonds. The van der Waals surface area contributed by atoms with Crippen LogP contribution in [0.4, 0.5) is 0 Å². The number of ether oxygens (including phenoxy) is 4. The van der Waals surface area contributed by atoms with Gasteiger partial charge in [0.05, 0.1) is 19.1 Å². The number of rotatable bonds is 10. The number of nitriles is 1. The standard InChI is InChI=1S/C34H33ClN2O6/c1-5-7-8-13-40-27-12-9-21(15-30(27)39-6-2)31-23-11-10-22(16-29(23)43-33(37)25(31)18-36)41-34(38)32-20(4)24-17-26(35)19(3)14-28(24)42-32/h9-12,14-17,31H,5-8,13,37H2,1-4H3. The number of furan rings is 1. The summed E-state index contributed by atoms with van der Waals surface area (Å²) in [5.41, 5.74) is 9.99. The Labute approximate surface area is 255 Å². The molecule has 2 heterocycles. The van der Waals surface area contributed by atoms with Gasteiger partial charge >= 0.3 is 5.97 Å². The van der Waals surface area contributed by atoms with Gasteiger partial charge in [0, 0.05) is 27.6 Å². The van der Waals surface area contributed by atoms with E-state index < -0.39 is 11.9 Å². The van der Waals surface area contributed by atoms with E-state index in [-0.39, 0.29) is 23.0 Å². The number of carbonyl (C=O) groups is 1. The summed E-state index contributed by atoms with van der Waals surface area (Å²) in [6.07, 6.45) is 3.14. The van der Waals surface area contributed by atoms with Gasteiger partial charge in [0.15, 0.2) is 11.5 Å². The van der Waals surface area contributed by atoms with E-state index in [0.29, 0.717) is 52.2 Å². The summed E-state index contributed by atoms with van der Waals surface area (Å²) in [6.45, 7) is 8.73. The third-order valence-corrected chi connectivity index (χ3v) is 7.82. The molecule has 2 N–H and O–H groups in total. The average molecular weight is 601 g/mol. The smallest absolute Gasteiger partial charge is 0.379 e. The van der Waals surface area contributed by atoms with Crippen LogP contribution in [0.15, 0.2) is 64.4 Å². The van der Waals surface area contributed by atoms with Crippen LogP contribution in [-0.4, -0.2) is 19.2 Å². The van der Waals surface area contributed by atoms with Crippen molar-refractivity contribution in [3.8, 4) is 29.1 Å². The number of benzene rings is 3. The lowest BCUT2D eigenvalue weighted by Crippen LogP contribution is -2.21. The van der Waals surface area contributed by atoms with E-state index in [1.165, 1.54) is 0 Å². The minimum absolute atomic E-state index is 0.0262. The molecule has 1 aliphatic rings. The Balaban J connectivity index is 1.45. The monoisotopic (exact) mass is 600 g/mol. The Hall–Kier alpha value is -4.61. The maximum Gasteiger partial charge on any atom is 0.379 e. The first kappa shape index (κ1) is 29.9. The number of nitrogens with two attached hydrogens (primary N) is 1. The minimum atomic E-state index is -0.660. The minimum Gasteiger partial charge on any atom is -0.490 e. The summed E-state index contributed by atoms with van der Waals surface area (Å²) in [5, 5.41) is 11.3. The third kappa shape index (κ3) is 5.99. The highest BCUT2D eigenvalue weighted by Crippen LogP contribution is 2.45. The van der Waals surface area contributed by atoms with E-state index in [1.807, 2.05) is 32.0 Å². The van der Waals surface area contributed by atoms with Crippen molar-refractivity contribution in [2.24, 2.45) is 5.73 Å². The number of aryl methyl sites for hydroxylation is 2. The van der Waals surface area contributed by atoms with Crippen molar-refractivity contribution in [1.29, 1.82) is 5.26 Å². The van der Waals surface area contributed by atoms with Crippen LogP contribution in [0.5, 0.6) is 23.0 Å². The van der Waals surface area contributed by atoms with Gasteiger partial charge in [-0.2, -0.15) is 5.26 Å². The Morgan fingerprint density at radius 3 is 2.60 bits per heavy atom. The lowest BCUT2D eigenvalue weighted by atomic mass is 9.83. The van der Waals surface area contributed by atoms with Gasteiger partial charge in [-0.15, -0.1) is 0 Å². The highest BCUT2D eigenvalue weighted by molar-refractivity contribution is 6.32. The number of halogens is 1. The molecule has 1 aliphatic heterocycles. The number of esters is 1. The van der Waals surface area contributed by atoms with E-state index in [4.69, 9.17) is 40.7 Å². The molecule has 1 unspecified atom stereocenters. The molecule has 0 saturated heterocycles. The van der Waals surface area contributed by atoms with Crippen molar-refractivity contribution in [3.63, 3.8) is 0 Å². The molecular weight excluding hydrogens is 568 g/mol. The Bertz CT molecular complexity index is 1770. The molecule has 222 valence electrons. The van der Waals surface area contributed by atoms with Gasteiger partial charge in [0.1, 0.15) is 28.7 Å². The van der Waals surface area contributed by atoms with Crippen molar-refractivity contribution in [3.05, 3.63) is 93.0 Å². The van der Waals surface area contributed by atoms with Gasteiger partial charge in [-0.25, -0.2) is 4.79 Å². The van der Waals surface area contributed by atoms with Crippen molar-refractivity contribution in [2.75, 3.05) is 13.2 Å². The molecule has 8 nitrogen and oxygen atoms in total. The van der Waals surface area contributed by atoms with Crippen LogP contribution in [0.1, 0.15) is 71.8 Å². The predicted molar refractivity (Wildman–Crippen MR) is 164 cm³/mol. The zero-order valence-electron chi connectivity index (χ0n) is 24.6. The van der Waals surface area contributed by atoms with Gasteiger partial charge in [0.25, 0.3) is 0 Å². The summed E-state index contributed by atoms with van der Waals surface area (Å²) < 4.78 is 29.2. The summed E-state index contributed by atoms with van der Waals surface area (Å²) in [5.74, 6) is 0.698. The number of nitrogens with zero attached hydrogens (tertiary/aromatic N) is 1. The molecule has 1 atom stereocenters. The van der Waals surface area contributed by atoms with Gasteiger partial charge in [-0.1, -0.05) is 43.5 Å². The van der Waals surface area contributed by atoms with E-state index in [0.717, 1.165) is 35.8 Å². The molecule has 3 aromatic carbocycles. The SMILES string of the molecule is CCCCCOc1ccc(C2C(C#N)=C(N)Oc3cc(OC(=O)c4oc5cc(C)c(Cl)cc5c4C)ccc32)cc1OCC. The second-order valence-corrected chi connectivity index (χ2v) is 10.8. The molecular formula is C34H33ClN2O6. The number of hydrogen-bond acceptors (Lipinski definition) is 8. The van der Waals surface area contributed by atoms with Crippen molar-refractivity contribution in [1.82, 2.24) is 0 Å². The van der Waals surface area contributed by atoms with Crippen molar-refractivity contribution in [2.45, 2.75) is 52.9 Å². The zero-order chi connectivity index (χ0) is 30.7. The van der Waals surface area contributed by atoms with E-state index in [1.54, 1.807) is 37.3 Å². The van der Waals surface area contributed by atoms with Gasteiger partial charge in [0.2, 0.25) is 11.6 Å². The fraction of sp³-hybridized carbons (Fsp3) is 0.294. The molecule has 0 saturated carbocycles. The van der Waals surface area contributed by atoms with Crippen LogP contribution in [0.3, 0.4) is 0 Å². The zero-order valence-corrected chi connectivity index (χ0v) is 25.3. The molecule has 0 bridgehead atoms. The summed E-state index contributed by atoms with van der Waals surface area (Å²) >= 11 is 6.28. The fourth-order valence-electron chi connectivity index (χ4n) is 5.16. The Kier molecular flexibility index (Phi) is 8.84. The Morgan fingerprint density at radius 1 is 1.05 bits per heavy atom.